The summed E-state index contributed by atoms with van der Waals surface area (Å²) in [6, 6.07) is 21.2. The second-order valence-electron chi connectivity index (χ2n) is 5.94. The summed E-state index contributed by atoms with van der Waals surface area (Å²) in [6.45, 7) is 0. The molecule has 5 heteroatoms. The van der Waals surface area contributed by atoms with E-state index in [0.717, 1.165) is 5.56 Å². The molecule has 0 bridgehead atoms. The minimum atomic E-state index is -1.02. The zero-order valence-electron chi connectivity index (χ0n) is 14.0. The molecule has 0 aromatic heterocycles. The Kier molecular flexibility index (Phi) is 5.08. The maximum Gasteiger partial charge on any atom is 0.336 e. The van der Waals surface area contributed by atoms with Crippen LogP contribution in [0, 0.1) is 10.1 Å². The van der Waals surface area contributed by atoms with Crippen LogP contribution >= 0.6 is 0 Å². The summed E-state index contributed by atoms with van der Waals surface area (Å²) < 4.78 is 0. The number of carboxylic acid groups (broad SMARTS) is 1. The van der Waals surface area contributed by atoms with Crippen molar-refractivity contribution in [2.24, 2.45) is 0 Å². The summed E-state index contributed by atoms with van der Waals surface area (Å²) in [5.74, 6) is -1.02. The Morgan fingerprint density at radius 3 is 2.31 bits per heavy atom. The smallest absolute Gasteiger partial charge is 0.336 e. The number of aromatic carboxylic acids is 1. The average Bonchev–Trinajstić information content (AvgIpc) is 2.66. The first-order chi connectivity index (χ1) is 12.6. The van der Waals surface area contributed by atoms with Crippen molar-refractivity contribution >= 4 is 11.7 Å². The number of nitro benzene ring substituents is 1. The topological polar surface area (TPSA) is 80.4 Å². The Hall–Kier alpha value is -3.47. The molecule has 3 aromatic carbocycles. The van der Waals surface area contributed by atoms with Gasteiger partial charge in [0.1, 0.15) is 0 Å². The van der Waals surface area contributed by atoms with Crippen LogP contribution in [0.25, 0.3) is 11.1 Å². The molecular formula is C21H17NO4. The van der Waals surface area contributed by atoms with Crippen LogP contribution in [-0.2, 0) is 12.8 Å². The van der Waals surface area contributed by atoms with Crippen molar-refractivity contribution in [2.75, 3.05) is 0 Å². The first kappa shape index (κ1) is 17.4. The van der Waals surface area contributed by atoms with Crippen molar-refractivity contribution < 1.29 is 14.8 Å². The highest BCUT2D eigenvalue weighted by Crippen LogP contribution is 2.30. The quantitative estimate of drug-likeness (QED) is 0.515. The highest BCUT2D eigenvalue weighted by Gasteiger charge is 2.17. The van der Waals surface area contributed by atoms with Crippen LogP contribution in [0.4, 0.5) is 5.69 Å². The lowest BCUT2D eigenvalue weighted by atomic mass is 9.95. The summed E-state index contributed by atoms with van der Waals surface area (Å²) >= 11 is 0. The molecule has 0 saturated carbocycles. The average molecular weight is 347 g/mol. The Labute approximate surface area is 150 Å². The zero-order valence-corrected chi connectivity index (χ0v) is 14.0. The lowest BCUT2D eigenvalue weighted by Crippen LogP contribution is -2.01. The van der Waals surface area contributed by atoms with E-state index in [4.69, 9.17) is 0 Å². The van der Waals surface area contributed by atoms with Gasteiger partial charge in [-0.25, -0.2) is 4.79 Å². The Morgan fingerprint density at radius 1 is 0.923 bits per heavy atom. The van der Waals surface area contributed by atoms with Gasteiger partial charge in [-0.05, 0) is 47.7 Å². The van der Waals surface area contributed by atoms with Crippen molar-refractivity contribution in [2.45, 2.75) is 12.8 Å². The molecule has 0 aliphatic rings. The van der Waals surface area contributed by atoms with Gasteiger partial charge < -0.3 is 5.11 Å². The van der Waals surface area contributed by atoms with E-state index < -0.39 is 10.9 Å². The van der Waals surface area contributed by atoms with Gasteiger partial charge in [-0.3, -0.25) is 10.1 Å². The molecule has 0 aliphatic carbocycles. The lowest BCUT2D eigenvalue weighted by Gasteiger charge is -2.09. The third kappa shape index (κ3) is 3.78. The molecule has 0 fully saturated rings. The largest absolute Gasteiger partial charge is 0.478 e. The third-order valence-corrected chi connectivity index (χ3v) is 4.27. The van der Waals surface area contributed by atoms with E-state index in [0.29, 0.717) is 29.5 Å². The fourth-order valence-corrected chi connectivity index (χ4v) is 2.98. The second-order valence-corrected chi connectivity index (χ2v) is 5.94. The number of nitro groups is 1. The van der Waals surface area contributed by atoms with Gasteiger partial charge in [0.2, 0.25) is 0 Å². The van der Waals surface area contributed by atoms with Gasteiger partial charge in [-0.15, -0.1) is 0 Å². The van der Waals surface area contributed by atoms with Gasteiger partial charge in [-0.2, -0.15) is 0 Å². The Morgan fingerprint density at radius 2 is 1.62 bits per heavy atom. The van der Waals surface area contributed by atoms with E-state index in [1.165, 1.54) is 12.1 Å². The molecule has 0 atom stereocenters. The molecule has 0 saturated heterocycles. The first-order valence-corrected chi connectivity index (χ1v) is 8.20. The molecule has 130 valence electrons. The van der Waals surface area contributed by atoms with Crippen LogP contribution in [0.2, 0.25) is 0 Å². The molecule has 0 unspecified atom stereocenters. The fraction of sp³-hybridized carbons (Fsp3) is 0.0952. The number of hydrogen-bond acceptors (Lipinski definition) is 3. The molecule has 0 heterocycles. The second kappa shape index (κ2) is 7.61. The lowest BCUT2D eigenvalue weighted by molar-refractivity contribution is -0.385. The third-order valence-electron chi connectivity index (χ3n) is 4.27. The molecule has 0 aliphatic heterocycles. The maximum atomic E-state index is 11.5. The minimum absolute atomic E-state index is 0.0532. The van der Waals surface area contributed by atoms with Gasteiger partial charge in [0, 0.05) is 11.6 Å². The van der Waals surface area contributed by atoms with Gasteiger partial charge in [-0.1, -0.05) is 48.5 Å². The molecule has 5 nitrogen and oxygen atoms in total. The van der Waals surface area contributed by atoms with Gasteiger partial charge >= 0.3 is 5.97 Å². The molecule has 3 aromatic rings. The Bertz CT molecular complexity index is 951. The molecule has 26 heavy (non-hydrogen) atoms. The number of nitrogens with zero attached hydrogens (tertiary/aromatic N) is 1. The van der Waals surface area contributed by atoms with Crippen LogP contribution in [0.15, 0.2) is 72.8 Å². The highest BCUT2D eigenvalue weighted by atomic mass is 16.6. The summed E-state index contributed by atoms with van der Waals surface area (Å²) in [6.07, 6.45) is 1.18. The number of aryl methyl sites for hydroxylation is 2. The van der Waals surface area contributed by atoms with E-state index in [1.54, 1.807) is 30.3 Å². The fourth-order valence-electron chi connectivity index (χ4n) is 2.98. The van der Waals surface area contributed by atoms with E-state index in [1.807, 2.05) is 30.3 Å². The van der Waals surface area contributed by atoms with Crippen molar-refractivity contribution in [3.63, 3.8) is 0 Å². The highest BCUT2D eigenvalue weighted by molar-refractivity contribution is 5.96. The zero-order chi connectivity index (χ0) is 18.5. The number of hydrogen-bond donors (Lipinski definition) is 1. The van der Waals surface area contributed by atoms with Crippen LogP contribution in [0.3, 0.4) is 0 Å². The van der Waals surface area contributed by atoms with Crippen LogP contribution < -0.4 is 0 Å². The predicted octanol–water partition coefficient (Wildman–Crippen LogP) is 4.75. The molecule has 0 radical (unpaired) electrons. The van der Waals surface area contributed by atoms with Crippen LogP contribution in [-0.4, -0.2) is 16.0 Å². The van der Waals surface area contributed by atoms with Gasteiger partial charge in [0.25, 0.3) is 5.69 Å². The predicted molar refractivity (Wildman–Crippen MR) is 99.3 cm³/mol. The molecular weight excluding hydrogens is 330 g/mol. The standard InChI is InChI=1S/C21H17NO4/c23-21(24)19-9-5-4-8-18(19)16-12-13-20(22(25)26)17(14-16)11-10-15-6-2-1-3-7-15/h1-9,12-14H,10-11H2,(H,23,24). The minimum Gasteiger partial charge on any atom is -0.478 e. The van der Waals surface area contributed by atoms with Crippen molar-refractivity contribution in [1.82, 2.24) is 0 Å². The summed E-state index contributed by atoms with van der Waals surface area (Å²) in [5, 5.41) is 20.8. The molecule has 1 N–H and O–H groups in total. The SMILES string of the molecule is O=C(O)c1ccccc1-c1ccc([N+](=O)[O-])c(CCc2ccccc2)c1. The maximum absolute atomic E-state index is 11.5. The molecule has 0 amide bonds. The van der Waals surface area contributed by atoms with E-state index >= 15 is 0 Å². The summed E-state index contributed by atoms with van der Waals surface area (Å²) in [5.41, 5.74) is 3.13. The van der Waals surface area contributed by atoms with E-state index in [2.05, 4.69) is 0 Å². The van der Waals surface area contributed by atoms with Gasteiger partial charge in [0.15, 0.2) is 0 Å². The van der Waals surface area contributed by atoms with E-state index in [-0.39, 0.29) is 11.3 Å². The number of benzene rings is 3. The Balaban J connectivity index is 1.99. The van der Waals surface area contributed by atoms with Crippen molar-refractivity contribution in [3.8, 4) is 11.1 Å². The summed E-state index contributed by atoms with van der Waals surface area (Å²) in [4.78, 5) is 22.4. The monoisotopic (exact) mass is 347 g/mol. The summed E-state index contributed by atoms with van der Waals surface area (Å²) in [7, 11) is 0. The first-order valence-electron chi connectivity index (χ1n) is 8.20. The number of carbonyl (C=O) groups is 1. The van der Waals surface area contributed by atoms with Gasteiger partial charge in [0.05, 0.1) is 10.5 Å². The van der Waals surface area contributed by atoms with E-state index in [9.17, 15) is 20.0 Å². The molecule has 0 spiro atoms. The molecule has 3 rings (SSSR count). The number of rotatable bonds is 6. The van der Waals surface area contributed by atoms with Crippen LogP contribution in [0.1, 0.15) is 21.5 Å². The van der Waals surface area contributed by atoms with Crippen LogP contribution in [0.5, 0.6) is 0 Å². The van der Waals surface area contributed by atoms with Crippen molar-refractivity contribution in [1.29, 1.82) is 0 Å². The number of carboxylic acids is 1. The normalized spacial score (nSPS) is 10.5. The van der Waals surface area contributed by atoms with Crippen molar-refractivity contribution in [3.05, 3.63) is 99.6 Å².